The van der Waals surface area contributed by atoms with Crippen LogP contribution in [0.4, 0.5) is 0 Å². The summed E-state index contributed by atoms with van der Waals surface area (Å²) in [5, 5.41) is 0.148. The van der Waals surface area contributed by atoms with Crippen LogP contribution < -0.4 is 9.99 Å². The molecule has 1 aromatic heterocycles. The molecule has 96 valence electrons. The predicted octanol–water partition coefficient (Wildman–Crippen LogP) is 2.79. The van der Waals surface area contributed by atoms with Gasteiger partial charge in [-0.25, -0.2) is 4.98 Å². The second-order valence-electron chi connectivity index (χ2n) is 5.91. The maximum Gasteiger partial charge on any atom is 0.276 e. The number of halogens is 1. The van der Waals surface area contributed by atoms with Crippen molar-refractivity contribution in [2.75, 3.05) is 0 Å². The molecule has 0 unspecified atom stereocenters. The summed E-state index contributed by atoms with van der Waals surface area (Å²) >= 11 is 5.85. The van der Waals surface area contributed by atoms with Gasteiger partial charge in [-0.2, -0.15) is 0 Å². The molecular weight excluding hydrogens is 272 g/mol. The summed E-state index contributed by atoms with van der Waals surface area (Å²) in [6.45, 7) is 12.4. The molecule has 0 saturated carbocycles. The van der Waals surface area contributed by atoms with Crippen LogP contribution in [0.1, 0.15) is 0 Å². The highest BCUT2D eigenvalue weighted by Crippen LogP contribution is 2.17. The lowest BCUT2D eigenvalue weighted by molar-refractivity contribution is 0.493. The van der Waals surface area contributed by atoms with Crippen LogP contribution in [0.5, 0.6) is 6.01 Å². The van der Waals surface area contributed by atoms with Crippen molar-refractivity contribution in [3.8, 4) is 6.01 Å². The van der Waals surface area contributed by atoms with Crippen LogP contribution in [0.2, 0.25) is 44.3 Å². The topological polar surface area (TPSA) is 44.1 Å². The quantitative estimate of drug-likeness (QED) is 0.804. The van der Waals surface area contributed by atoms with E-state index in [-0.39, 0.29) is 10.6 Å². The van der Waals surface area contributed by atoms with Crippen LogP contribution in [0.15, 0.2) is 11.0 Å². The molecule has 0 fully saturated rings. The lowest BCUT2D eigenvalue weighted by Crippen LogP contribution is -2.44. The molecule has 0 amide bonds. The number of hydrogen-bond acceptors (Lipinski definition) is 3. The standard InChI is InChI=1S/C10H19ClN2O2Si2/c1-16(2,3)13-9(14)8(11)7-12-10(13)15-17(4,5)6/h7H,1-6H3. The second-order valence-corrected chi connectivity index (χ2v) is 15.5. The Hall–Kier alpha value is -0.596. The molecule has 0 aromatic carbocycles. The minimum Gasteiger partial charge on any atom is -0.519 e. The van der Waals surface area contributed by atoms with Gasteiger partial charge in [0.2, 0.25) is 8.32 Å². The molecule has 0 spiro atoms. The van der Waals surface area contributed by atoms with Crippen molar-refractivity contribution in [3.63, 3.8) is 0 Å². The normalized spacial score (nSPS) is 12.6. The average molecular weight is 291 g/mol. The Kier molecular flexibility index (Phi) is 3.90. The molecule has 0 aliphatic rings. The van der Waals surface area contributed by atoms with Gasteiger partial charge in [-0.1, -0.05) is 31.2 Å². The van der Waals surface area contributed by atoms with Crippen LogP contribution in [0, 0.1) is 0 Å². The van der Waals surface area contributed by atoms with E-state index in [1.807, 2.05) is 0 Å². The Bertz CT molecular complexity index is 475. The summed E-state index contributed by atoms with van der Waals surface area (Å²) in [6.07, 6.45) is 1.37. The summed E-state index contributed by atoms with van der Waals surface area (Å²) in [7, 11) is -3.69. The lowest BCUT2D eigenvalue weighted by atomic mass is 10.6. The highest BCUT2D eigenvalue weighted by atomic mass is 35.5. The molecule has 4 nitrogen and oxygen atoms in total. The zero-order chi connectivity index (χ0) is 13.4. The summed E-state index contributed by atoms with van der Waals surface area (Å²) in [4.78, 5) is 16.3. The van der Waals surface area contributed by atoms with Crippen molar-refractivity contribution in [2.45, 2.75) is 39.3 Å². The van der Waals surface area contributed by atoms with Crippen molar-refractivity contribution in [2.24, 2.45) is 0 Å². The Morgan fingerprint density at radius 2 is 1.76 bits per heavy atom. The van der Waals surface area contributed by atoms with E-state index < -0.39 is 16.6 Å². The molecule has 1 aromatic rings. The zero-order valence-corrected chi connectivity index (χ0v) is 13.9. The SMILES string of the molecule is C[Si](C)(C)Oc1ncc(Cl)c(=O)n1[Si](C)(C)C. The molecule has 0 aliphatic carbocycles. The van der Waals surface area contributed by atoms with Crippen molar-refractivity contribution < 1.29 is 4.43 Å². The monoisotopic (exact) mass is 290 g/mol. The molecule has 0 radical (unpaired) electrons. The molecule has 17 heavy (non-hydrogen) atoms. The first-order valence-electron chi connectivity index (χ1n) is 5.49. The molecule has 0 N–H and O–H groups in total. The van der Waals surface area contributed by atoms with Gasteiger partial charge in [0.1, 0.15) is 5.02 Å². The Morgan fingerprint density at radius 3 is 2.18 bits per heavy atom. The van der Waals surface area contributed by atoms with E-state index in [0.717, 1.165) is 0 Å². The van der Waals surface area contributed by atoms with Crippen molar-refractivity contribution >= 4 is 28.2 Å². The lowest BCUT2D eigenvalue weighted by Gasteiger charge is -2.27. The van der Waals surface area contributed by atoms with Gasteiger partial charge < -0.3 is 4.43 Å². The van der Waals surface area contributed by atoms with Crippen molar-refractivity contribution in [1.29, 1.82) is 0 Å². The number of hydrogen-bond donors (Lipinski definition) is 0. The minimum atomic E-state index is -1.90. The minimum absolute atomic E-state index is 0.148. The maximum atomic E-state index is 12.1. The van der Waals surface area contributed by atoms with Crippen LogP contribution in [0.3, 0.4) is 0 Å². The third-order valence-corrected chi connectivity index (χ3v) is 4.75. The molecule has 1 rings (SSSR count). The molecule has 0 aliphatic heterocycles. The molecule has 0 bridgehead atoms. The molecule has 7 heteroatoms. The fourth-order valence-corrected chi connectivity index (χ4v) is 3.75. The highest BCUT2D eigenvalue weighted by molar-refractivity contribution is 6.75. The van der Waals surface area contributed by atoms with E-state index in [0.29, 0.717) is 6.01 Å². The van der Waals surface area contributed by atoms with Gasteiger partial charge in [0, 0.05) is 0 Å². The van der Waals surface area contributed by atoms with E-state index in [1.54, 1.807) is 4.23 Å². The van der Waals surface area contributed by atoms with Crippen LogP contribution in [0.25, 0.3) is 0 Å². The third-order valence-electron chi connectivity index (χ3n) is 1.96. The Labute approximate surface area is 109 Å². The van der Waals surface area contributed by atoms with Gasteiger partial charge >= 0.3 is 0 Å². The average Bonchev–Trinajstić information content (AvgIpc) is 2.06. The van der Waals surface area contributed by atoms with Crippen LogP contribution >= 0.6 is 11.6 Å². The fourth-order valence-electron chi connectivity index (χ4n) is 1.36. The van der Waals surface area contributed by atoms with Gasteiger partial charge in [0.05, 0.1) is 6.20 Å². The maximum absolute atomic E-state index is 12.1. The number of rotatable bonds is 3. The molecule has 0 saturated heterocycles. The van der Waals surface area contributed by atoms with Gasteiger partial charge in [-0.15, -0.1) is 0 Å². The van der Waals surface area contributed by atoms with E-state index >= 15 is 0 Å². The van der Waals surface area contributed by atoms with Gasteiger partial charge in [0.15, 0.2) is 8.24 Å². The highest BCUT2D eigenvalue weighted by Gasteiger charge is 2.27. The van der Waals surface area contributed by atoms with E-state index in [4.69, 9.17) is 16.0 Å². The summed E-state index contributed by atoms with van der Waals surface area (Å²) in [5.41, 5.74) is -0.200. The van der Waals surface area contributed by atoms with Crippen LogP contribution in [-0.2, 0) is 0 Å². The molecule has 1 heterocycles. The van der Waals surface area contributed by atoms with Crippen molar-refractivity contribution in [1.82, 2.24) is 9.22 Å². The van der Waals surface area contributed by atoms with Crippen molar-refractivity contribution in [3.05, 3.63) is 21.6 Å². The molecule has 0 atom stereocenters. The molecular formula is C10H19ClN2O2Si2. The van der Waals surface area contributed by atoms with E-state index in [9.17, 15) is 4.79 Å². The largest absolute Gasteiger partial charge is 0.519 e. The zero-order valence-electron chi connectivity index (χ0n) is 11.2. The van der Waals surface area contributed by atoms with E-state index in [2.05, 4.69) is 44.3 Å². The first-order chi connectivity index (χ1) is 7.52. The second kappa shape index (κ2) is 4.58. The Balaban J connectivity index is 3.42. The van der Waals surface area contributed by atoms with Gasteiger partial charge in [0.25, 0.3) is 11.6 Å². The Morgan fingerprint density at radius 1 is 1.24 bits per heavy atom. The fraction of sp³-hybridized carbons (Fsp3) is 0.600. The first kappa shape index (κ1) is 14.5. The van der Waals surface area contributed by atoms with Gasteiger partial charge in [-0.05, 0) is 19.6 Å². The van der Waals surface area contributed by atoms with Crippen LogP contribution in [-0.4, -0.2) is 25.8 Å². The first-order valence-corrected chi connectivity index (χ1v) is 12.7. The summed E-state index contributed by atoms with van der Waals surface area (Å²) in [6, 6.07) is 0.415. The summed E-state index contributed by atoms with van der Waals surface area (Å²) < 4.78 is 7.51. The predicted molar refractivity (Wildman–Crippen MR) is 76.2 cm³/mol. The smallest absolute Gasteiger partial charge is 0.276 e. The van der Waals surface area contributed by atoms with E-state index in [1.165, 1.54) is 6.20 Å². The number of aromatic nitrogens is 2. The number of nitrogens with zero attached hydrogens (tertiary/aromatic N) is 2. The third kappa shape index (κ3) is 3.69. The van der Waals surface area contributed by atoms with Gasteiger partial charge in [-0.3, -0.25) is 9.03 Å². The summed E-state index contributed by atoms with van der Waals surface area (Å²) in [5.74, 6) is 0.